The van der Waals surface area contributed by atoms with Crippen molar-refractivity contribution < 1.29 is 17.9 Å². The van der Waals surface area contributed by atoms with E-state index in [4.69, 9.17) is 16.3 Å². The van der Waals surface area contributed by atoms with Gasteiger partial charge in [-0.1, -0.05) is 22.9 Å². The van der Waals surface area contributed by atoms with E-state index in [9.17, 15) is 13.2 Å². The minimum Gasteiger partial charge on any atom is -0.494 e. The van der Waals surface area contributed by atoms with Crippen LogP contribution in [0.2, 0.25) is 5.02 Å². The largest absolute Gasteiger partial charge is 0.494 e. The lowest BCUT2D eigenvalue weighted by Gasteiger charge is -2.20. The van der Waals surface area contributed by atoms with Crippen molar-refractivity contribution in [3.8, 4) is 5.75 Å². The van der Waals surface area contributed by atoms with Gasteiger partial charge in [-0.15, -0.1) is 0 Å². The second kappa shape index (κ2) is 9.69. The number of pyridine rings is 1. The first-order valence-electron chi connectivity index (χ1n) is 10.4. The van der Waals surface area contributed by atoms with Gasteiger partial charge in [-0.2, -0.15) is 0 Å². The number of carbonyl (C=O) groups excluding carboxylic acids is 1. The first kappa shape index (κ1) is 24.1. The highest BCUT2D eigenvalue weighted by Crippen LogP contribution is 2.39. The molecule has 0 atom stereocenters. The zero-order chi connectivity index (χ0) is 24.5. The average molecular weight is 516 g/mol. The number of nitrogens with zero attached hydrogens (tertiary/aromatic N) is 3. The quantitative estimate of drug-likeness (QED) is 0.328. The molecule has 4 aromatic rings. The van der Waals surface area contributed by atoms with E-state index in [1.54, 1.807) is 50.4 Å². The Labute approximate surface area is 206 Å². The molecule has 0 aliphatic carbocycles. The molecule has 0 radical (unpaired) electrons. The van der Waals surface area contributed by atoms with Crippen molar-refractivity contribution in [2.75, 3.05) is 12.0 Å². The molecular formula is C24H22ClN3O4S2. The summed E-state index contributed by atoms with van der Waals surface area (Å²) in [5.41, 5.74) is 1.77. The SMILES string of the molecule is COc1ccc(Cl)c2sc(N(Cc3ccncc3)C(=O)c3ccc(S(=O)(=O)C(C)C)cc3)nc12. The van der Waals surface area contributed by atoms with E-state index in [1.807, 2.05) is 12.1 Å². The smallest absolute Gasteiger partial charge is 0.260 e. The van der Waals surface area contributed by atoms with Crippen LogP contribution in [-0.4, -0.2) is 36.7 Å². The van der Waals surface area contributed by atoms with Crippen LogP contribution >= 0.6 is 22.9 Å². The summed E-state index contributed by atoms with van der Waals surface area (Å²) in [6.07, 6.45) is 3.31. The maximum absolute atomic E-state index is 13.6. The number of halogens is 1. The summed E-state index contributed by atoms with van der Waals surface area (Å²) in [7, 11) is -1.89. The number of benzene rings is 2. The van der Waals surface area contributed by atoms with E-state index >= 15 is 0 Å². The molecule has 0 unspecified atom stereocenters. The lowest BCUT2D eigenvalue weighted by Crippen LogP contribution is -2.30. The van der Waals surface area contributed by atoms with Crippen molar-refractivity contribution in [3.05, 3.63) is 77.1 Å². The third kappa shape index (κ3) is 4.64. The fourth-order valence-electron chi connectivity index (χ4n) is 3.33. The van der Waals surface area contributed by atoms with Crippen LogP contribution in [0.25, 0.3) is 10.2 Å². The zero-order valence-electron chi connectivity index (χ0n) is 18.7. The number of thiazole rings is 1. The molecule has 2 heterocycles. The molecule has 0 fully saturated rings. The number of amides is 1. The van der Waals surface area contributed by atoms with Crippen LogP contribution in [0, 0.1) is 0 Å². The van der Waals surface area contributed by atoms with Crippen LogP contribution in [0.4, 0.5) is 5.13 Å². The normalized spacial score (nSPS) is 11.7. The Bertz CT molecular complexity index is 1440. The summed E-state index contributed by atoms with van der Waals surface area (Å²) in [5.74, 6) is 0.237. The number of methoxy groups -OCH3 is 1. The van der Waals surface area contributed by atoms with Gasteiger partial charge in [-0.05, 0) is 67.9 Å². The average Bonchev–Trinajstić information content (AvgIpc) is 3.29. The van der Waals surface area contributed by atoms with Crippen LogP contribution in [0.15, 0.2) is 65.8 Å². The number of hydrogen-bond donors (Lipinski definition) is 0. The second-order valence-electron chi connectivity index (χ2n) is 7.79. The Balaban J connectivity index is 1.77. The minimum absolute atomic E-state index is 0.177. The number of rotatable bonds is 7. The summed E-state index contributed by atoms with van der Waals surface area (Å²) in [5, 5.41) is 0.404. The molecule has 10 heteroatoms. The zero-order valence-corrected chi connectivity index (χ0v) is 21.1. The Kier molecular flexibility index (Phi) is 6.88. The van der Waals surface area contributed by atoms with Gasteiger partial charge in [0, 0.05) is 18.0 Å². The van der Waals surface area contributed by atoms with E-state index in [0.717, 1.165) is 5.56 Å². The summed E-state index contributed by atoms with van der Waals surface area (Å²) in [6.45, 7) is 3.49. The molecule has 1 amide bonds. The van der Waals surface area contributed by atoms with Gasteiger partial charge in [0.15, 0.2) is 15.0 Å². The highest BCUT2D eigenvalue weighted by atomic mass is 35.5. The van der Waals surface area contributed by atoms with Crippen molar-refractivity contribution in [2.24, 2.45) is 0 Å². The molecule has 176 valence electrons. The van der Waals surface area contributed by atoms with Crippen molar-refractivity contribution in [1.29, 1.82) is 0 Å². The topological polar surface area (TPSA) is 89.5 Å². The molecule has 7 nitrogen and oxygen atoms in total. The predicted octanol–water partition coefficient (Wildman–Crippen LogP) is 5.38. The van der Waals surface area contributed by atoms with Crippen molar-refractivity contribution in [3.63, 3.8) is 0 Å². The van der Waals surface area contributed by atoms with E-state index in [0.29, 0.717) is 31.7 Å². The van der Waals surface area contributed by atoms with Gasteiger partial charge >= 0.3 is 0 Å². The molecular weight excluding hydrogens is 494 g/mol. The Morgan fingerprint density at radius 2 is 1.76 bits per heavy atom. The van der Waals surface area contributed by atoms with Crippen LogP contribution in [-0.2, 0) is 16.4 Å². The van der Waals surface area contributed by atoms with Gasteiger partial charge < -0.3 is 4.74 Å². The number of ether oxygens (including phenoxy) is 1. The van der Waals surface area contributed by atoms with Crippen molar-refractivity contribution in [2.45, 2.75) is 30.5 Å². The highest BCUT2D eigenvalue weighted by molar-refractivity contribution is 7.92. The van der Waals surface area contributed by atoms with Gasteiger partial charge in [0.1, 0.15) is 11.3 Å². The predicted molar refractivity (Wildman–Crippen MR) is 135 cm³/mol. The van der Waals surface area contributed by atoms with Crippen molar-refractivity contribution >= 4 is 54.0 Å². The maximum atomic E-state index is 13.6. The molecule has 0 N–H and O–H groups in total. The fraction of sp³-hybridized carbons (Fsp3) is 0.208. The molecule has 0 saturated carbocycles. The summed E-state index contributed by atoms with van der Waals surface area (Å²) in [6, 6.07) is 13.1. The van der Waals surface area contributed by atoms with E-state index in [1.165, 1.54) is 35.6 Å². The molecule has 0 aliphatic heterocycles. The second-order valence-corrected chi connectivity index (χ2v) is 11.7. The van der Waals surface area contributed by atoms with Gasteiger partial charge in [0.05, 0.1) is 33.5 Å². The van der Waals surface area contributed by atoms with Gasteiger partial charge in [-0.3, -0.25) is 14.7 Å². The number of sulfone groups is 1. The molecule has 2 aromatic carbocycles. The Morgan fingerprint density at radius 3 is 2.38 bits per heavy atom. The lowest BCUT2D eigenvalue weighted by atomic mass is 10.2. The Hall–Kier alpha value is -3.01. The van der Waals surface area contributed by atoms with Crippen LogP contribution in [0.3, 0.4) is 0 Å². The molecule has 4 rings (SSSR count). The van der Waals surface area contributed by atoms with Crippen molar-refractivity contribution in [1.82, 2.24) is 9.97 Å². The first-order valence-corrected chi connectivity index (χ1v) is 13.1. The standard InChI is InChI=1S/C24H22ClN3O4S2/c1-15(2)34(30,31)18-6-4-17(5-7-18)23(29)28(14-16-10-12-26-13-11-16)24-27-21-20(32-3)9-8-19(25)22(21)33-24/h4-13,15H,14H2,1-3H3. The number of aromatic nitrogens is 2. The minimum atomic E-state index is -3.44. The van der Waals surface area contributed by atoms with Gasteiger partial charge in [0.2, 0.25) is 0 Å². The van der Waals surface area contributed by atoms with E-state index < -0.39 is 15.1 Å². The number of hydrogen-bond acceptors (Lipinski definition) is 7. The molecule has 0 aliphatic rings. The van der Waals surface area contributed by atoms with Crippen LogP contribution in [0.5, 0.6) is 5.75 Å². The van der Waals surface area contributed by atoms with Gasteiger partial charge in [-0.25, -0.2) is 13.4 Å². The summed E-state index contributed by atoms with van der Waals surface area (Å²) >= 11 is 7.68. The number of anilines is 1. The maximum Gasteiger partial charge on any atom is 0.260 e. The lowest BCUT2D eigenvalue weighted by molar-refractivity contribution is 0.0985. The van der Waals surface area contributed by atoms with Crippen LogP contribution in [0.1, 0.15) is 29.8 Å². The van der Waals surface area contributed by atoms with Crippen LogP contribution < -0.4 is 9.64 Å². The molecule has 34 heavy (non-hydrogen) atoms. The fourth-order valence-corrected chi connectivity index (χ4v) is 5.65. The third-order valence-corrected chi connectivity index (χ3v) is 8.99. The molecule has 0 bridgehead atoms. The number of fused-ring (bicyclic) bond motifs is 1. The Morgan fingerprint density at radius 1 is 1.09 bits per heavy atom. The highest BCUT2D eigenvalue weighted by Gasteiger charge is 2.25. The molecule has 0 spiro atoms. The molecule has 0 saturated heterocycles. The third-order valence-electron chi connectivity index (χ3n) is 5.28. The monoisotopic (exact) mass is 515 g/mol. The summed E-state index contributed by atoms with van der Waals surface area (Å²) < 4.78 is 31.1. The first-order chi connectivity index (χ1) is 16.2. The van der Waals surface area contributed by atoms with E-state index in [2.05, 4.69) is 9.97 Å². The van der Waals surface area contributed by atoms with Gasteiger partial charge in [0.25, 0.3) is 5.91 Å². The van der Waals surface area contributed by atoms with E-state index in [-0.39, 0.29) is 17.3 Å². The summed E-state index contributed by atoms with van der Waals surface area (Å²) in [4.78, 5) is 24.1. The molecule has 2 aromatic heterocycles. The number of carbonyl (C=O) groups is 1.